The number of carbonyl (C=O) groups is 1. The first-order valence-electron chi connectivity index (χ1n) is 6.03. The summed E-state index contributed by atoms with van der Waals surface area (Å²) in [5.74, 6) is 1.45. The van der Waals surface area contributed by atoms with E-state index in [1.165, 1.54) is 0 Å². The summed E-state index contributed by atoms with van der Waals surface area (Å²) in [7, 11) is 0. The van der Waals surface area contributed by atoms with Gasteiger partial charge in [-0.3, -0.25) is 9.78 Å². The number of carbonyl (C=O) groups excluding carboxylic acids is 1. The molecular weight excluding hydrogens is 226 g/mol. The second kappa shape index (κ2) is 4.77. The molecule has 0 aliphatic rings. The van der Waals surface area contributed by atoms with Crippen molar-refractivity contribution in [1.29, 1.82) is 0 Å². The van der Waals surface area contributed by atoms with E-state index in [0.29, 0.717) is 5.76 Å². The Morgan fingerprint density at radius 1 is 1.17 bits per heavy atom. The van der Waals surface area contributed by atoms with Gasteiger partial charge in [0.05, 0.1) is 5.56 Å². The molecule has 2 heterocycles. The van der Waals surface area contributed by atoms with E-state index >= 15 is 0 Å². The van der Waals surface area contributed by atoms with Gasteiger partial charge >= 0.3 is 0 Å². The first kappa shape index (κ1) is 12.6. The molecule has 1 atom stereocenters. The molecule has 0 aliphatic heterocycles. The zero-order valence-electron chi connectivity index (χ0n) is 11.2. The molecule has 2 aromatic rings. The van der Waals surface area contributed by atoms with Gasteiger partial charge in [-0.1, -0.05) is 6.92 Å². The van der Waals surface area contributed by atoms with Crippen LogP contribution in [0.1, 0.15) is 45.8 Å². The summed E-state index contributed by atoms with van der Waals surface area (Å²) in [6.07, 6.45) is 3.42. The third-order valence-corrected chi connectivity index (χ3v) is 3.41. The highest BCUT2D eigenvalue weighted by molar-refractivity contribution is 6.02. The molecule has 0 bridgehead atoms. The van der Waals surface area contributed by atoms with Crippen LogP contribution in [0.3, 0.4) is 0 Å². The molecule has 94 valence electrons. The number of pyridine rings is 1. The molecule has 0 fully saturated rings. The minimum Gasteiger partial charge on any atom is -0.466 e. The standard InChI is InChI=1S/C15H17NO2/c1-9-11(3)18-12(4)14(9)15(17)10(2)13-5-7-16-8-6-13/h5-8,10H,1-4H3. The van der Waals surface area contributed by atoms with E-state index in [9.17, 15) is 4.79 Å². The van der Waals surface area contributed by atoms with Gasteiger partial charge in [0, 0.05) is 23.9 Å². The van der Waals surface area contributed by atoms with Crippen molar-refractivity contribution in [2.45, 2.75) is 33.6 Å². The van der Waals surface area contributed by atoms with Crippen molar-refractivity contribution >= 4 is 5.78 Å². The second-order valence-corrected chi connectivity index (χ2v) is 4.58. The SMILES string of the molecule is Cc1oc(C)c(C(=O)C(C)c2ccncc2)c1C. The fraction of sp³-hybridized carbons (Fsp3) is 0.333. The van der Waals surface area contributed by atoms with Crippen LogP contribution in [0, 0.1) is 20.8 Å². The van der Waals surface area contributed by atoms with Crippen LogP contribution in [-0.4, -0.2) is 10.8 Å². The molecule has 0 amide bonds. The van der Waals surface area contributed by atoms with E-state index in [2.05, 4.69) is 4.98 Å². The van der Waals surface area contributed by atoms with Crippen molar-refractivity contribution in [3.63, 3.8) is 0 Å². The lowest BCUT2D eigenvalue weighted by Crippen LogP contribution is -2.11. The maximum Gasteiger partial charge on any atom is 0.173 e. The topological polar surface area (TPSA) is 43.1 Å². The molecule has 0 aromatic carbocycles. The van der Waals surface area contributed by atoms with Gasteiger partial charge in [0.1, 0.15) is 11.5 Å². The molecule has 1 unspecified atom stereocenters. The van der Waals surface area contributed by atoms with Crippen molar-refractivity contribution in [2.75, 3.05) is 0 Å². The highest BCUT2D eigenvalue weighted by Crippen LogP contribution is 2.27. The second-order valence-electron chi connectivity index (χ2n) is 4.58. The van der Waals surface area contributed by atoms with Gasteiger partial charge in [-0.15, -0.1) is 0 Å². The number of aryl methyl sites for hydroxylation is 2. The zero-order chi connectivity index (χ0) is 13.3. The zero-order valence-corrected chi connectivity index (χ0v) is 11.2. The number of aromatic nitrogens is 1. The number of Topliss-reactive ketones (excluding diaryl/α,β-unsaturated/α-hetero) is 1. The maximum atomic E-state index is 12.5. The lowest BCUT2D eigenvalue weighted by molar-refractivity contribution is 0.0964. The van der Waals surface area contributed by atoms with E-state index in [-0.39, 0.29) is 11.7 Å². The summed E-state index contributed by atoms with van der Waals surface area (Å²) in [5, 5.41) is 0. The Morgan fingerprint density at radius 3 is 2.28 bits per heavy atom. The first-order valence-corrected chi connectivity index (χ1v) is 6.03. The highest BCUT2D eigenvalue weighted by atomic mass is 16.3. The van der Waals surface area contributed by atoms with Crippen LogP contribution in [0.15, 0.2) is 28.9 Å². The summed E-state index contributed by atoms with van der Waals surface area (Å²) in [6, 6.07) is 3.75. The monoisotopic (exact) mass is 243 g/mol. The molecule has 18 heavy (non-hydrogen) atoms. The number of ketones is 1. The quantitative estimate of drug-likeness (QED) is 0.774. The van der Waals surface area contributed by atoms with Crippen molar-refractivity contribution in [3.8, 4) is 0 Å². The van der Waals surface area contributed by atoms with Gasteiger partial charge in [-0.25, -0.2) is 0 Å². The number of nitrogens with zero attached hydrogens (tertiary/aromatic N) is 1. The first-order chi connectivity index (χ1) is 8.52. The van der Waals surface area contributed by atoms with Crippen molar-refractivity contribution in [1.82, 2.24) is 4.98 Å². The summed E-state index contributed by atoms with van der Waals surface area (Å²) in [4.78, 5) is 16.5. The third-order valence-electron chi connectivity index (χ3n) is 3.41. The summed E-state index contributed by atoms with van der Waals surface area (Å²) >= 11 is 0. The van der Waals surface area contributed by atoms with E-state index in [4.69, 9.17) is 4.42 Å². The molecule has 0 saturated heterocycles. The Balaban J connectivity index is 2.38. The lowest BCUT2D eigenvalue weighted by atomic mass is 9.91. The van der Waals surface area contributed by atoms with Crippen molar-refractivity contribution in [2.24, 2.45) is 0 Å². The summed E-state index contributed by atoms with van der Waals surface area (Å²) in [5.41, 5.74) is 2.64. The van der Waals surface area contributed by atoms with Crippen LogP contribution in [0.4, 0.5) is 0 Å². The van der Waals surface area contributed by atoms with E-state index < -0.39 is 0 Å². The summed E-state index contributed by atoms with van der Waals surface area (Å²) < 4.78 is 5.52. The van der Waals surface area contributed by atoms with Crippen LogP contribution in [0.5, 0.6) is 0 Å². The van der Waals surface area contributed by atoms with E-state index in [1.54, 1.807) is 12.4 Å². The molecule has 0 aliphatic carbocycles. The van der Waals surface area contributed by atoms with E-state index in [0.717, 1.165) is 22.5 Å². The minimum atomic E-state index is -0.178. The number of hydrogen-bond acceptors (Lipinski definition) is 3. The molecule has 0 spiro atoms. The average molecular weight is 243 g/mol. The predicted molar refractivity (Wildman–Crippen MR) is 69.9 cm³/mol. The predicted octanol–water partition coefficient (Wildman–Crippen LogP) is 3.59. The largest absolute Gasteiger partial charge is 0.466 e. The van der Waals surface area contributed by atoms with Crippen LogP contribution >= 0.6 is 0 Å². The van der Waals surface area contributed by atoms with Crippen LogP contribution < -0.4 is 0 Å². The van der Waals surface area contributed by atoms with Gasteiger partial charge in [0.25, 0.3) is 0 Å². The Labute approximate surface area is 107 Å². The normalized spacial score (nSPS) is 12.4. The third kappa shape index (κ3) is 2.08. The molecule has 3 nitrogen and oxygen atoms in total. The molecular formula is C15H17NO2. The Bertz CT molecular complexity index is 570. The van der Waals surface area contributed by atoms with Crippen LogP contribution in [0.2, 0.25) is 0 Å². The molecule has 0 saturated carbocycles. The van der Waals surface area contributed by atoms with Crippen molar-refractivity contribution in [3.05, 3.63) is 52.7 Å². The number of furan rings is 1. The fourth-order valence-electron chi connectivity index (χ4n) is 2.18. The number of hydrogen-bond donors (Lipinski definition) is 0. The van der Waals surface area contributed by atoms with E-state index in [1.807, 2.05) is 39.8 Å². The Kier molecular flexibility index (Phi) is 3.32. The van der Waals surface area contributed by atoms with Gasteiger partial charge < -0.3 is 4.42 Å². The van der Waals surface area contributed by atoms with Gasteiger partial charge in [-0.05, 0) is 38.5 Å². The molecule has 2 aromatic heterocycles. The van der Waals surface area contributed by atoms with Crippen LogP contribution in [0.25, 0.3) is 0 Å². The molecule has 0 N–H and O–H groups in total. The molecule has 2 rings (SSSR count). The highest BCUT2D eigenvalue weighted by Gasteiger charge is 2.24. The Morgan fingerprint density at radius 2 is 1.78 bits per heavy atom. The average Bonchev–Trinajstić information content (AvgIpc) is 2.63. The van der Waals surface area contributed by atoms with Gasteiger partial charge in [0.2, 0.25) is 0 Å². The maximum absolute atomic E-state index is 12.5. The molecule has 3 heteroatoms. The Hall–Kier alpha value is -1.90. The van der Waals surface area contributed by atoms with Gasteiger partial charge in [-0.2, -0.15) is 0 Å². The lowest BCUT2D eigenvalue weighted by Gasteiger charge is -2.10. The van der Waals surface area contributed by atoms with Gasteiger partial charge in [0.15, 0.2) is 5.78 Å². The fourth-order valence-corrected chi connectivity index (χ4v) is 2.18. The summed E-state index contributed by atoms with van der Waals surface area (Å²) in [6.45, 7) is 7.57. The van der Waals surface area contributed by atoms with Crippen LogP contribution in [-0.2, 0) is 0 Å². The smallest absolute Gasteiger partial charge is 0.173 e. The minimum absolute atomic E-state index is 0.105. The molecule has 0 radical (unpaired) electrons. The van der Waals surface area contributed by atoms with Crippen molar-refractivity contribution < 1.29 is 9.21 Å². The number of rotatable bonds is 3.